The molecule has 3 unspecified atom stereocenters. The van der Waals surface area contributed by atoms with E-state index in [1.165, 1.54) is 77.2 Å². The molecule has 1 saturated carbocycles. The van der Waals surface area contributed by atoms with E-state index in [4.69, 9.17) is 5.73 Å². The molecule has 1 saturated heterocycles. The highest BCUT2D eigenvalue weighted by molar-refractivity contribution is 4.97. The van der Waals surface area contributed by atoms with Crippen molar-refractivity contribution in [2.24, 2.45) is 11.7 Å². The van der Waals surface area contributed by atoms with Gasteiger partial charge in [0.2, 0.25) is 0 Å². The Morgan fingerprint density at radius 3 is 2.50 bits per heavy atom. The molecule has 0 aromatic carbocycles. The molecule has 2 heteroatoms. The van der Waals surface area contributed by atoms with Crippen molar-refractivity contribution in [2.75, 3.05) is 13.1 Å². The van der Waals surface area contributed by atoms with Crippen LogP contribution in [0.5, 0.6) is 0 Å². The summed E-state index contributed by atoms with van der Waals surface area (Å²) in [6.07, 6.45) is 15.2. The van der Waals surface area contributed by atoms with Crippen LogP contribution in [-0.4, -0.2) is 29.6 Å². The molecule has 2 rings (SSSR count). The summed E-state index contributed by atoms with van der Waals surface area (Å²) in [5.41, 5.74) is 6.68. The number of likely N-dealkylation sites (tertiary alicyclic amines) is 1. The lowest BCUT2D eigenvalue weighted by Crippen LogP contribution is -2.57. The summed E-state index contributed by atoms with van der Waals surface area (Å²) in [7, 11) is 0. The highest BCUT2D eigenvalue weighted by atomic mass is 15.2. The molecular weight excluding hydrogens is 244 g/mol. The van der Waals surface area contributed by atoms with E-state index in [2.05, 4.69) is 18.7 Å². The first-order valence-electron chi connectivity index (χ1n) is 9.22. The number of nitrogens with two attached hydrogens (primary N) is 1. The average Bonchev–Trinajstić information content (AvgIpc) is 2.85. The minimum absolute atomic E-state index is 0.328. The van der Waals surface area contributed by atoms with Gasteiger partial charge in [-0.1, -0.05) is 46.0 Å². The lowest BCUT2D eigenvalue weighted by molar-refractivity contribution is 0.0342. The van der Waals surface area contributed by atoms with Gasteiger partial charge in [-0.2, -0.15) is 0 Å². The van der Waals surface area contributed by atoms with Crippen molar-refractivity contribution in [1.82, 2.24) is 4.90 Å². The van der Waals surface area contributed by atoms with Gasteiger partial charge in [0.25, 0.3) is 0 Å². The van der Waals surface area contributed by atoms with Crippen LogP contribution in [0.4, 0.5) is 0 Å². The lowest BCUT2D eigenvalue weighted by Gasteiger charge is -2.47. The maximum absolute atomic E-state index is 6.35. The molecule has 2 nitrogen and oxygen atoms in total. The van der Waals surface area contributed by atoms with E-state index < -0.39 is 0 Å². The van der Waals surface area contributed by atoms with Crippen molar-refractivity contribution < 1.29 is 0 Å². The van der Waals surface area contributed by atoms with Crippen molar-refractivity contribution in [1.29, 1.82) is 0 Å². The van der Waals surface area contributed by atoms with E-state index in [9.17, 15) is 0 Å². The molecule has 0 radical (unpaired) electrons. The molecule has 2 aliphatic rings. The predicted molar refractivity (Wildman–Crippen MR) is 87.9 cm³/mol. The Kier molecular flexibility index (Phi) is 6.35. The van der Waals surface area contributed by atoms with Crippen LogP contribution in [0.3, 0.4) is 0 Å². The van der Waals surface area contributed by atoms with Gasteiger partial charge in [-0.25, -0.2) is 0 Å². The predicted octanol–water partition coefficient (Wildman–Crippen LogP) is 4.33. The van der Waals surface area contributed by atoms with Crippen LogP contribution in [0, 0.1) is 5.92 Å². The largest absolute Gasteiger partial charge is 0.329 e. The molecule has 1 aliphatic carbocycles. The summed E-state index contributed by atoms with van der Waals surface area (Å²) >= 11 is 0. The van der Waals surface area contributed by atoms with Gasteiger partial charge < -0.3 is 5.73 Å². The molecule has 2 N–H and O–H groups in total. The Hall–Kier alpha value is -0.0800. The van der Waals surface area contributed by atoms with Crippen LogP contribution in [0.2, 0.25) is 0 Å². The Bertz CT molecular complexity index is 279. The molecule has 2 fully saturated rings. The van der Waals surface area contributed by atoms with Gasteiger partial charge in [-0.3, -0.25) is 4.90 Å². The number of hydrogen-bond acceptors (Lipinski definition) is 2. The van der Waals surface area contributed by atoms with E-state index in [0.29, 0.717) is 5.54 Å². The average molecular weight is 280 g/mol. The Morgan fingerprint density at radius 1 is 0.950 bits per heavy atom. The van der Waals surface area contributed by atoms with Gasteiger partial charge in [0, 0.05) is 18.1 Å². The molecule has 0 amide bonds. The highest BCUT2D eigenvalue weighted by Gasteiger charge is 2.40. The summed E-state index contributed by atoms with van der Waals surface area (Å²) < 4.78 is 0. The maximum atomic E-state index is 6.35. The molecule has 20 heavy (non-hydrogen) atoms. The monoisotopic (exact) mass is 280 g/mol. The van der Waals surface area contributed by atoms with Gasteiger partial charge in [-0.05, 0) is 51.0 Å². The molecule has 0 spiro atoms. The third-order valence-corrected chi connectivity index (χ3v) is 6.19. The van der Waals surface area contributed by atoms with Gasteiger partial charge in [0.1, 0.15) is 0 Å². The second-order valence-electron chi connectivity index (χ2n) is 7.24. The van der Waals surface area contributed by atoms with Crippen molar-refractivity contribution in [3.05, 3.63) is 0 Å². The summed E-state index contributed by atoms with van der Waals surface area (Å²) in [5.74, 6) is 0.954. The normalized spacial score (nSPS) is 37.4. The van der Waals surface area contributed by atoms with Crippen LogP contribution in [0.25, 0.3) is 0 Å². The summed E-state index contributed by atoms with van der Waals surface area (Å²) in [4.78, 5) is 2.87. The van der Waals surface area contributed by atoms with Crippen molar-refractivity contribution in [3.63, 3.8) is 0 Å². The summed E-state index contributed by atoms with van der Waals surface area (Å²) in [6.45, 7) is 6.91. The van der Waals surface area contributed by atoms with Crippen LogP contribution < -0.4 is 5.73 Å². The van der Waals surface area contributed by atoms with Crippen LogP contribution in [0.15, 0.2) is 0 Å². The van der Waals surface area contributed by atoms with E-state index in [-0.39, 0.29) is 0 Å². The fourth-order valence-electron chi connectivity index (χ4n) is 4.71. The van der Waals surface area contributed by atoms with Crippen molar-refractivity contribution in [3.8, 4) is 0 Å². The minimum atomic E-state index is 0.328. The van der Waals surface area contributed by atoms with E-state index in [1.807, 2.05) is 0 Å². The zero-order valence-corrected chi connectivity index (χ0v) is 13.9. The maximum Gasteiger partial charge on any atom is 0.0334 e. The van der Waals surface area contributed by atoms with E-state index >= 15 is 0 Å². The number of hydrogen-bond donors (Lipinski definition) is 1. The molecule has 0 aromatic heterocycles. The molecule has 3 atom stereocenters. The van der Waals surface area contributed by atoms with E-state index in [1.54, 1.807) is 0 Å². The third kappa shape index (κ3) is 3.57. The van der Waals surface area contributed by atoms with Gasteiger partial charge in [-0.15, -0.1) is 0 Å². The smallest absolute Gasteiger partial charge is 0.0334 e. The molecule has 0 aromatic rings. The van der Waals surface area contributed by atoms with Crippen LogP contribution in [0.1, 0.15) is 84.5 Å². The minimum Gasteiger partial charge on any atom is -0.329 e. The van der Waals surface area contributed by atoms with E-state index in [0.717, 1.165) is 18.5 Å². The van der Waals surface area contributed by atoms with Crippen molar-refractivity contribution in [2.45, 2.75) is 96.1 Å². The Morgan fingerprint density at radius 2 is 1.80 bits per heavy atom. The van der Waals surface area contributed by atoms with Gasteiger partial charge in [0.05, 0.1) is 0 Å². The highest BCUT2D eigenvalue weighted by Crippen LogP contribution is 2.38. The Labute approximate surface area is 126 Å². The number of nitrogens with zero attached hydrogens (tertiary/aromatic N) is 1. The second-order valence-corrected chi connectivity index (χ2v) is 7.24. The molecule has 0 bridgehead atoms. The molecular formula is C18H36N2. The summed E-state index contributed by atoms with van der Waals surface area (Å²) in [6, 6.07) is 0.791. The number of rotatable bonds is 4. The standard InChI is InChI=1S/C18H36N2/c1-3-16-9-8-12-18(15-19,13-11-16)20-14-7-5-6-10-17(20)4-2/h16-17H,3-15,19H2,1-2H3. The van der Waals surface area contributed by atoms with Gasteiger partial charge in [0.15, 0.2) is 0 Å². The lowest BCUT2D eigenvalue weighted by atomic mass is 9.85. The first-order chi connectivity index (χ1) is 9.75. The fourth-order valence-corrected chi connectivity index (χ4v) is 4.71. The fraction of sp³-hybridized carbons (Fsp3) is 1.00. The Balaban J connectivity index is 2.14. The molecule has 1 aliphatic heterocycles. The SMILES string of the molecule is CCC1CCCC(CN)(N2CCCCCC2CC)CC1. The molecule has 1 heterocycles. The third-order valence-electron chi connectivity index (χ3n) is 6.19. The zero-order chi connectivity index (χ0) is 14.4. The first-order valence-corrected chi connectivity index (χ1v) is 9.22. The zero-order valence-electron chi connectivity index (χ0n) is 13.9. The van der Waals surface area contributed by atoms with Crippen LogP contribution >= 0.6 is 0 Å². The molecule has 118 valence electrons. The second kappa shape index (κ2) is 7.79. The quantitative estimate of drug-likeness (QED) is 0.777. The topological polar surface area (TPSA) is 29.3 Å². The first kappa shape index (κ1) is 16.3. The summed E-state index contributed by atoms with van der Waals surface area (Å²) in [5, 5.41) is 0. The van der Waals surface area contributed by atoms with Gasteiger partial charge >= 0.3 is 0 Å². The van der Waals surface area contributed by atoms with Crippen LogP contribution in [-0.2, 0) is 0 Å². The van der Waals surface area contributed by atoms with Crippen molar-refractivity contribution >= 4 is 0 Å².